The molecule has 0 atom stereocenters. The molecular weight excluding hydrogens is 551 g/mol. The molecule has 0 aliphatic carbocycles. The zero-order valence-electron chi connectivity index (χ0n) is 27.1. The first kappa shape index (κ1) is 35.1. The number of benzene rings is 3. The molecule has 0 bridgehead atoms. The van der Waals surface area contributed by atoms with E-state index in [0.717, 1.165) is 29.9 Å². The molecule has 4 nitrogen and oxygen atoms in total. The van der Waals surface area contributed by atoms with E-state index in [1.807, 2.05) is 24.3 Å². The minimum Gasteiger partial charge on any atom is -0.494 e. The van der Waals surface area contributed by atoms with E-state index < -0.39 is 11.8 Å². The van der Waals surface area contributed by atoms with Gasteiger partial charge in [-0.3, -0.25) is 0 Å². The minimum absolute atomic E-state index is 0.159. The molecule has 3 aromatic rings. The molecule has 0 saturated heterocycles. The van der Waals surface area contributed by atoms with Crippen LogP contribution in [-0.4, -0.2) is 19.2 Å². The van der Waals surface area contributed by atoms with Crippen LogP contribution in [0.2, 0.25) is 0 Å². The third kappa shape index (κ3) is 13.5. The van der Waals surface area contributed by atoms with Crippen LogP contribution in [-0.2, 0) is 0 Å². The summed E-state index contributed by atoms with van der Waals surface area (Å²) < 4.78 is 32.2. The standard InChI is InChI=1S/C39H53FO4/c1-3-5-7-9-11-13-15-17-29-42-34-22-19-32(20-23-34)37-28-21-33(31-38(37)40)39(41)44-36-26-24-35(25-27-36)43-30-18-16-14-12-10-8-6-4-2/h19-28,31H,3-18,29-30H2,1-2H3. The fourth-order valence-electron chi connectivity index (χ4n) is 5.23. The first-order chi connectivity index (χ1) is 21.6. The largest absolute Gasteiger partial charge is 0.494 e. The molecule has 0 aliphatic rings. The molecule has 0 aliphatic heterocycles. The second-order valence-electron chi connectivity index (χ2n) is 11.7. The summed E-state index contributed by atoms with van der Waals surface area (Å²) in [4.78, 5) is 12.7. The molecule has 0 aromatic heterocycles. The molecule has 3 aromatic carbocycles. The van der Waals surface area contributed by atoms with Gasteiger partial charge in [0.15, 0.2) is 0 Å². The molecule has 240 valence electrons. The van der Waals surface area contributed by atoms with Crippen molar-refractivity contribution in [3.63, 3.8) is 0 Å². The summed E-state index contributed by atoms with van der Waals surface area (Å²) in [5, 5.41) is 0. The van der Waals surface area contributed by atoms with E-state index in [-0.39, 0.29) is 5.56 Å². The molecule has 0 unspecified atom stereocenters. The second-order valence-corrected chi connectivity index (χ2v) is 11.7. The third-order valence-electron chi connectivity index (χ3n) is 7.94. The Bertz CT molecular complexity index is 1190. The quantitative estimate of drug-likeness (QED) is 0.0613. The molecule has 0 N–H and O–H groups in total. The van der Waals surface area contributed by atoms with Gasteiger partial charge in [-0.15, -0.1) is 0 Å². The van der Waals surface area contributed by atoms with E-state index in [1.165, 1.54) is 96.0 Å². The number of carbonyl (C=O) groups is 1. The molecule has 0 saturated carbocycles. The maximum absolute atomic E-state index is 15.0. The highest BCUT2D eigenvalue weighted by Crippen LogP contribution is 2.27. The van der Waals surface area contributed by atoms with E-state index in [0.29, 0.717) is 24.5 Å². The highest BCUT2D eigenvalue weighted by atomic mass is 19.1. The lowest BCUT2D eigenvalue weighted by Crippen LogP contribution is -2.09. The molecule has 0 amide bonds. The van der Waals surface area contributed by atoms with Gasteiger partial charge in [0.1, 0.15) is 23.1 Å². The van der Waals surface area contributed by atoms with E-state index in [9.17, 15) is 4.79 Å². The van der Waals surface area contributed by atoms with Crippen molar-refractivity contribution >= 4 is 5.97 Å². The Balaban J connectivity index is 1.37. The summed E-state index contributed by atoms with van der Waals surface area (Å²) in [6.07, 6.45) is 20.1. The number of ether oxygens (including phenoxy) is 3. The number of rotatable bonds is 23. The van der Waals surface area contributed by atoms with Crippen molar-refractivity contribution in [1.82, 2.24) is 0 Å². The van der Waals surface area contributed by atoms with Crippen molar-refractivity contribution in [3.8, 4) is 28.4 Å². The summed E-state index contributed by atoms with van der Waals surface area (Å²) in [6.45, 7) is 5.84. The van der Waals surface area contributed by atoms with Crippen molar-refractivity contribution in [2.45, 2.75) is 117 Å². The molecule has 3 rings (SSSR count). The van der Waals surface area contributed by atoms with Crippen LogP contribution < -0.4 is 14.2 Å². The highest BCUT2D eigenvalue weighted by Gasteiger charge is 2.13. The predicted molar refractivity (Wildman–Crippen MR) is 179 cm³/mol. The molecular formula is C39H53FO4. The SMILES string of the molecule is CCCCCCCCCCOc1ccc(OC(=O)c2ccc(-c3ccc(OCCCCCCCCCC)cc3)c(F)c2)cc1. The first-order valence-corrected chi connectivity index (χ1v) is 17.1. The predicted octanol–water partition coefficient (Wildman–Crippen LogP) is 11.8. The van der Waals surface area contributed by atoms with Gasteiger partial charge in [0.25, 0.3) is 0 Å². The highest BCUT2D eigenvalue weighted by molar-refractivity contribution is 5.91. The molecule has 0 spiro atoms. The molecule has 0 radical (unpaired) electrons. The summed E-state index contributed by atoms with van der Waals surface area (Å²) in [5.41, 5.74) is 1.31. The Hall–Kier alpha value is -3.34. The Morgan fingerprint density at radius 2 is 0.977 bits per heavy atom. The average molecular weight is 605 g/mol. The van der Waals surface area contributed by atoms with Gasteiger partial charge in [-0.1, -0.05) is 122 Å². The van der Waals surface area contributed by atoms with Gasteiger partial charge in [0, 0.05) is 5.56 Å². The van der Waals surface area contributed by atoms with Crippen molar-refractivity contribution < 1.29 is 23.4 Å². The first-order valence-electron chi connectivity index (χ1n) is 17.1. The minimum atomic E-state index is -0.604. The zero-order valence-corrected chi connectivity index (χ0v) is 27.1. The fraction of sp³-hybridized carbons (Fsp3) is 0.513. The summed E-state index contributed by atoms with van der Waals surface area (Å²) in [5.74, 6) is 0.834. The Morgan fingerprint density at radius 3 is 1.45 bits per heavy atom. The number of hydrogen-bond acceptors (Lipinski definition) is 4. The number of unbranched alkanes of at least 4 members (excludes halogenated alkanes) is 14. The zero-order chi connectivity index (χ0) is 31.2. The number of halogens is 1. The van der Waals surface area contributed by atoms with Crippen molar-refractivity contribution in [2.24, 2.45) is 0 Å². The fourth-order valence-corrected chi connectivity index (χ4v) is 5.23. The van der Waals surface area contributed by atoms with Crippen LogP contribution in [0.4, 0.5) is 4.39 Å². The van der Waals surface area contributed by atoms with Crippen molar-refractivity contribution in [2.75, 3.05) is 13.2 Å². The van der Waals surface area contributed by atoms with Crippen LogP contribution in [0.25, 0.3) is 11.1 Å². The summed E-state index contributed by atoms with van der Waals surface area (Å²) >= 11 is 0. The van der Waals surface area contributed by atoms with Crippen LogP contribution in [0.5, 0.6) is 17.2 Å². The Morgan fingerprint density at radius 1 is 0.545 bits per heavy atom. The maximum Gasteiger partial charge on any atom is 0.343 e. The van der Waals surface area contributed by atoms with E-state index in [4.69, 9.17) is 14.2 Å². The topological polar surface area (TPSA) is 44.8 Å². The summed E-state index contributed by atoms with van der Waals surface area (Å²) in [6, 6.07) is 18.8. The van der Waals surface area contributed by atoms with Gasteiger partial charge in [-0.25, -0.2) is 9.18 Å². The van der Waals surface area contributed by atoms with Gasteiger partial charge >= 0.3 is 5.97 Å². The van der Waals surface area contributed by atoms with E-state index >= 15 is 4.39 Å². The van der Waals surface area contributed by atoms with E-state index in [2.05, 4.69) is 13.8 Å². The van der Waals surface area contributed by atoms with Crippen LogP contribution in [0.1, 0.15) is 127 Å². The van der Waals surface area contributed by atoms with Crippen LogP contribution in [0, 0.1) is 5.82 Å². The smallest absolute Gasteiger partial charge is 0.343 e. The normalized spacial score (nSPS) is 11.0. The van der Waals surface area contributed by atoms with Crippen LogP contribution >= 0.6 is 0 Å². The Kier molecular flexibility index (Phi) is 17.1. The molecule has 0 heterocycles. The maximum atomic E-state index is 15.0. The van der Waals surface area contributed by atoms with Crippen molar-refractivity contribution in [3.05, 3.63) is 78.1 Å². The third-order valence-corrected chi connectivity index (χ3v) is 7.94. The van der Waals surface area contributed by atoms with Crippen LogP contribution in [0.3, 0.4) is 0 Å². The van der Waals surface area contributed by atoms with Crippen molar-refractivity contribution in [1.29, 1.82) is 0 Å². The Labute approximate surface area is 265 Å². The van der Waals surface area contributed by atoms with Gasteiger partial charge in [0.05, 0.1) is 18.8 Å². The number of hydrogen-bond donors (Lipinski definition) is 0. The lowest BCUT2D eigenvalue weighted by Gasteiger charge is -2.10. The average Bonchev–Trinajstić information content (AvgIpc) is 3.04. The van der Waals surface area contributed by atoms with Crippen LogP contribution in [0.15, 0.2) is 66.7 Å². The lowest BCUT2D eigenvalue weighted by molar-refractivity contribution is 0.0734. The number of esters is 1. The van der Waals surface area contributed by atoms with Gasteiger partial charge in [0.2, 0.25) is 0 Å². The molecule has 44 heavy (non-hydrogen) atoms. The second kappa shape index (κ2) is 21.4. The summed E-state index contributed by atoms with van der Waals surface area (Å²) in [7, 11) is 0. The molecule has 5 heteroatoms. The van der Waals surface area contributed by atoms with Gasteiger partial charge < -0.3 is 14.2 Å². The monoisotopic (exact) mass is 604 g/mol. The van der Waals surface area contributed by atoms with E-state index in [1.54, 1.807) is 36.4 Å². The number of carbonyl (C=O) groups excluding carboxylic acids is 1. The van der Waals surface area contributed by atoms with Gasteiger partial charge in [-0.2, -0.15) is 0 Å². The lowest BCUT2D eigenvalue weighted by atomic mass is 10.0. The molecule has 0 fully saturated rings. The van der Waals surface area contributed by atoms with Gasteiger partial charge in [-0.05, 0) is 66.9 Å².